The summed E-state index contributed by atoms with van der Waals surface area (Å²) < 4.78 is 8.11. The number of aryl methyl sites for hydroxylation is 1. The van der Waals surface area contributed by atoms with Crippen molar-refractivity contribution in [2.24, 2.45) is 0 Å². The van der Waals surface area contributed by atoms with Crippen LogP contribution in [0.15, 0.2) is 48.5 Å². The maximum absolute atomic E-state index is 12.1. The molecule has 5 nitrogen and oxygen atoms in total. The van der Waals surface area contributed by atoms with E-state index in [2.05, 4.69) is 10.6 Å². The number of fused-ring (bicyclic) bond motifs is 1. The smallest absolute Gasteiger partial charge is 0.220 e. The number of benzene rings is 2. The lowest BCUT2D eigenvalue weighted by Crippen LogP contribution is -2.30. The Kier molecular flexibility index (Phi) is 6.05. The molecule has 0 N–H and O–H groups in total. The van der Waals surface area contributed by atoms with Crippen molar-refractivity contribution in [1.82, 2.24) is 14.5 Å². The van der Waals surface area contributed by atoms with E-state index in [9.17, 15) is 4.79 Å². The lowest BCUT2D eigenvalue weighted by Gasteiger charge is -2.24. The van der Waals surface area contributed by atoms with Crippen molar-refractivity contribution >= 4 is 28.5 Å². The molecular formula is C23H26ClN3O2. The number of nitrogens with zero attached hydrogens (tertiary/aromatic N) is 3. The number of para-hydroxylation sites is 2. The first-order valence-corrected chi connectivity index (χ1v) is 10.6. The number of hydrogen-bond acceptors (Lipinski definition) is 3. The summed E-state index contributed by atoms with van der Waals surface area (Å²) in [7, 11) is 0. The van der Waals surface area contributed by atoms with Crippen molar-refractivity contribution in [3.05, 3.63) is 59.4 Å². The molecule has 0 saturated carbocycles. The van der Waals surface area contributed by atoms with Gasteiger partial charge in [0.05, 0.1) is 23.7 Å². The fourth-order valence-electron chi connectivity index (χ4n) is 4.09. The van der Waals surface area contributed by atoms with E-state index in [1.54, 1.807) is 6.92 Å². The van der Waals surface area contributed by atoms with Gasteiger partial charge in [0.1, 0.15) is 11.6 Å². The number of amides is 1. The van der Waals surface area contributed by atoms with Crippen LogP contribution in [0.4, 0.5) is 0 Å². The molecule has 152 valence electrons. The van der Waals surface area contributed by atoms with Crippen LogP contribution in [-0.4, -0.2) is 33.5 Å². The highest BCUT2D eigenvalue weighted by Gasteiger charge is 2.31. The van der Waals surface area contributed by atoms with Crippen molar-refractivity contribution in [3.8, 4) is 5.75 Å². The normalized spacial score (nSPS) is 16.5. The molecule has 0 bridgehead atoms. The molecule has 1 fully saturated rings. The van der Waals surface area contributed by atoms with Crippen LogP contribution in [0.1, 0.15) is 44.5 Å². The summed E-state index contributed by atoms with van der Waals surface area (Å²) >= 11 is 5.91. The van der Waals surface area contributed by atoms with Gasteiger partial charge in [-0.15, -0.1) is 0 Å². The van der Waals surface area contributed by atoms with Gasteiger partial charge < -0.3 is 14.2 Å². The molecule has 1 aliphatic rings. The van der Waals surface area contributed by atoms with E-state index >= 15 is 0 Å². The van der Waals surface area contributed by atoms with Crippen LogP contribution < -0.4 is 4.74 Å². The zero-order valence-corrected chi connectivity index (χ0v) is 17.4. The second-order valence-corrected chi connectivity index (χ2v) is 7.93. The monoisotopic (exact) mass is 411 g/mol. The van der Waals surface area contributed by atoms with Crippen molar-refractivity contribution in [2.75, 3.05) is 13.2 Å². The molecule has 29 heavy (non-hydrogen) atoms. The highest BCUT2D eigenvalue weighted by atomic mass is 35.5. The summed E-state index contributed by atoms with van der Waals surface area (Å²) in [6.45, 7) is 3.99. The van der Waals surface area contributed by atoms with Crippen LogP contribution in [0.25, 0.3) is 11.0 Å². The number of hydrogen-bond donors (Lipinski definition) is 0. The number of unbranched alkanes of at least 4 members (excludes halogenated alkanes) is 1. The Morgan fingerprint density at radius 3 is 2.76 bits per heavy atom. The Bertz CT molecular complexity index is 983. The van der Waals surface area contributed by atoms with Gasteiger partial charge in [-0.3, -0.25) is 4.79 Å². The average molecular weight is 412 g/mol. The zero-order chi connectivity index (χ0) is 20.2. The molecule has 1 aliphatic heterocycles. The first kappa shape index (κ1) is 19.8. The summed E-state index contributed by atoms with van der Waals surface area (Å²) in [6.07, 6.45) is 3.92. The van der Waals surface area contributed by atoms with Gasteiger partial charge in [-0.05, 0) is 62.1 Å². The van der Waals surface area contributed by atoms with Gasteiger partial charge in [0.25, 0.3) is 0 Å². The maximum Gasteiger partial charge on any atom is 0.220 e. The summed E-state index contributed by atoms with van der Waals surface area (Å²) in [4.78, 5) is 18.9. The van der Waals surface area contributed by atoms with Crippen LogP contribution in [0.2, 0.25) is 5.02 Å². The Labute approximate surface area is 176 Å². The Morgan fingerprint density at radius 1 is 1.17 bits per heavy atom. The third-order valence-corrected chi connectivity index (χ3v) is 5.75. The van der Waals surface area contributed by atoms with Gasteiger partial charge in [0.15, 0.2) is 0 Å². The van der Waals surface area contributed by atoms with Crippen LogP contribution in [0, 0.1) is 0 Å². The third-order valence-electron chi connectivity index (χ3n) is 5.50. The van der Waals surface area contributed by atoms with Crippen LogP contribution in [-0.2, 0) is 11.3 Å². The van der Waals surface area contributed by atoms with Crippen molar-refractivity contribution in [1.29, 1.82) is 0 Å². The molecule has 0 radical (unpaired) electrons. The highest BCUT2D eigenvalue weighted by molar-refractivity contribution is 6.30. The molecule has 6 heteroatoms. The van der Waals surface area contributed by atoms with Gasteiger partial charge in [-0.25, -0.2) is 4.98 Å². The number of ether oxygens (including phenoxy) is 1. The Balaban J connectivity index is 1.44. The van der Waals surface area contributed by atoms with Crippen LogP contribution in [0.5, 0.6) is 5.75 Å². The van der Waals surface area contributed by atoms with Gasteiger partial charge in [0, 0.05) is 25.0 Å². The van der Waals surface area contributed by atoms with E-state index in [1.165, 1.54) is 0 Å². The van der Waals surface area contributed by atoms with E-state index in [0.717, 1.165) is 61.4 Å². The molecule has 0 spiro atoms. The fraction of sp³-hybridized carbons (Fsp3) is 0.391. The second-order valence-electron chi connectivity index (χ2n) is 7.49. The molecule has 1 saturated heterocycles. The van der Waals surface area contributed by atoms with E-state index in [1.807, 2.05) is 47.4 Å². The number of rotatable bonds is 7. The van der Waals surface area contributed by atoms with Crippen LogP contribution in [0.3, 0.4) is 0 Å². The number of imidazole rings is 1. The van der Waals surface area contributed by atoms with E-state index in [0.29, 0.717) is 11.6 Å². The SMILES string of the molecule is CC(=O)N1CCCC1c1nc2ccccc2n1CCCCOc1ccc(Cl)cc1. The fourth-order valence-corrected chi connectivity index (χ4v) is 4.21. The standard InChI is InChI=1S/C23H26ClN3O2/c1-17(28)26-15-6-9-22(26)23-25-20-7-2-3-8-21(20)27(23)14-4-5-16-29-19-12-10-18(24)11-13-19/h2-3,7-8,10-13,22H,4-6,9,14-16H2,1H3. The molecule has 1 amide bonds. The first-order chi connectivity index (χ1) is 14.1. The molecule has 3 aromatic rings. The van der Waals surface area contributed by atoms with Gasteiger partial charge in [-0.1, -0.05) is 23.7 Å². The lowest BCUT2D eigenvalue weighted by molar-refractivity contribution is -0.129. The van der Waals surface area contributed by atoms with Crippen molar-refractivity contribution in [3.63, 3.8) is 0 Å². The summed E-state index contributed by atoms with van der Waals surface area (Å²) in [5.41, 5.74) is 2.13. The minimum atomic E-state index is 0.0743. The third kappa shape index (κ3) is 4.40. The largest absolute Gasteiger partial charge is 0.494 e. The first-order valence-electron chi connectivity index (χ1n) is 10.2. The molecule has 2 aromatic carbocycles. The predicted molar refractivity (Wildman–Crippen MR) is 115 cm³/mol. The summed E-state index contributed by atoms with van der Waals surface area (Å²) in [5.74, 6) is 1.98. The molecule has 1 unspecified atom stereocenters. The van der Waals surface area contributed by atoms with E-state index in [4.69, 9.17) is 21.3 Å². The average Bonchev–Trinajstić information content (AvgIpc) is 3.34. The number of carbonyl (C=O) groups excluding carboxylic acids is 1. The van der Waals surface area contributed by atoms with Gasteiger partial charge in [0.2, 0.25) is 5.91 Å². The minimum Gasteiger partial charge on any atom is -0.494 e. The van der Waals surface area contributed by atoms with Crippen molar-refractivity contribution in [2.45, 2.75) is 45.2 Å². The second kappa shape index (κ2) is 8.87. The number of aromatic nitrogens is 2. The van der Waals surface area contributed by atoms with Gasteiger partial charge >= 0.3 is 0 Å². The van der Waals surface area contributed by atoms with E-state index in [-0.39, 0.29) is 11.9 Å². The zero-order valence-electron chi connectivity index (χ0n) is 16.7. The summed E-state index contributed by atoms with van der Waals surface area (Å²) in [6, 6.07) is 15.7. The number of likely N-dealkylation sites (tertiary alicyclic amines) is 1. The Hall–Kier alpha value is -2.53. The quantitative estimate of drug-likeness (QED) is 0.500. The lowest BCUT2D eigenvalue weighted by atomic mass is 10.2. The highest BCUT2D eigenvalue weighted by Crippen LogP contribution is 2.33. The van der Waals surface area contributed by atoms with Gasteiger partial charge in [-0.2, -0.15) is 0 Å². The van der Waals surface area contributed by atoms with E-state index < -0.39 is 0 Å². The number of carbonyl (C=O) groups is 1. The minimum absolute atomic E-state index is 0.0743. The molecule has 4 rings (SSSR count). The molecule has 0 aliphatic carbocycles. The van der Waals surface area contributed by atoms with Crippen LogP contribution >= 0.6 is 11.6 Å². The summed E-state index contributed by atoms with van der Waals surface area (Å²) in [5, 5.41) is 0.711. The number of halogens is 1. The molecule has 1 atom stereocenters. The Morgan fingerprint density at radius 2 is 1.97 bits per heavy atom. The molecule has 2 heterocycles. The predicted octanol–water partition coefficient (Wildman–Crippen LogP) is 5.23. The topological polar surface area (TPSA) is 47.4 Å². The molecular weight excluding hydrogens is 386 g/mol. The maximum atomic E-state index is 12.1. The molecule has 1 aromatic heterocycles. The van der Waals surface area contributed by atoms with Crippen molar-refractivity contribution < 1.29 is 9.53 Å².